The van der Waals surface area contributed by atoms with Gasteiger partial charge in [-0.05, 0) is 38.0 Å². The molecule has 0 radical (unpaired) electrons. The number of hydrogen-bond acceptors (Lipinski definition) is 6. The molecule has 0 unspecified atom stereocenters. The summed E-state index contributed by atoms with van der Waals surface area (Å²) in [6.45, 7) is 7.07. The van der Waals surface area contributed by atoms with Gasteiger partial charge in [-0.2, -0.15) is 0 Å². The Labute approximate surface area is 197 Å². The average Bonchev–Trinajstić information content (AvgIpc) is 3.21. The lowest BCUT2D eigenvalue weighted by Gasteiger charge is -2.43. The van der Waals surface area contributed by atoms with Crippen LogP contribution >= 0.6 is 0 Å². The standard InChI is InChI=1S/C24H30FN5O4/c1-24(2)23-27-18(14-19(31)26-15-16-5-7-17(25)8-6-16)21(33)22(34)30(23)13-12-29(24)11-10-28-9-3-4-20(28)32/h5-8,33H,3-4,9-15H2,1-2H3,(H,26,31). The number of halogens is 1. The van der Waals surface area contributed by atoms with E-state index in [9.17, 15) is 23.9 Å². The number of nitrogens with one attached hydrogen (secondary N) is 1. The number of aromatic hydroxyl groups is 1. The van der Waals surface area contributed by atoms with Gasteiger partial charge in [0.25, 0.3) is 5.56 Å². The molecule has 0 spiro atoms. The lowest BCUT2D eigenvalue weighted by molar-refractivity contribution is -0.128. The predicted molar refractivity (Wildman–Crippen MR) is 123 cm³/mol. The van der Waals surface area contributed by atoms with Crippen LogP contribution in [0.5, 0.6) is 5.75 Å². The molecule has 2 aliphatic rings. The SMILES string of the molecule is CC1(C)c2nc(CC(=O)NCc3ccc(F)cc3)c(O)c(=O)n2CCN1CCN1CCCC1=O. The van der Waals surface area contributed by atoms with E-state index in [1.165, 1.54) is 16.7 Å². The van der Waals surface area contributed by atoms with Crippen molar-refractivity contribution in [3.8, 4) is 5.75 Å². The number of fused-ring (bicyclic) bond motifs is 1. The molecule has 2 aromatic rings. The van der Waals surface area contributed by atoms with Crippen molar-refractivity contribution in [2.24, 2.45) is 0 Å². The number of rotatable bonds is 7. The van der Waals surface area contributed by atoms with Gasteiger partial charge < -0.3 is 15.3 Å². The highest BCUT2D eigenvalue weighted by Gasteiger charge is 2.38. The van der Waals surface area contributed by atoms with E-state index in [0.717, 1.165) is 18.5 Å². The molecule has 1 aromatic heterocycles. The summed E-state index contributed by atoms with van der Waals surface area (Å²) >= 11 is 0. The van der Waals surface area contributed by atoms with Crippen LogP contribution < -0.4 is 10.9 Å². The van der Waals surface area contributed by atoms with Crippen LogP contribution in [0.15, 0.2) is 29.1 Å². The largest absolute Gasteiger partial charge is 0.502 e. The predicted octanol–water partition coefficient (Wildman–Crippen LogP) is 1.12. The average molecular weight is 472 g/mol. The van der Waals surface area contributed by atoms with E-state index in [1.54, 1.807) is 12.1 Å². The number of aromatic nitrogens is 2. The first-order chi connectivity index (χ1) is 16.2. The molecular formula is C24H30FN5O4. The Morgan fingerprint density at radius 1 is 1.15 bits per heavy atom. The molecule has 1 aromatic carbocycles. The summed E-state index contributed by atoms with van der Waals surface area (Å²) in [4.78, 5) is 45.9. The Kier molecular flexibility index (Phi) is 6.70. The maximum Gasteiger partial charge on any atom is 0.296 e. The summed E-state index contributed by atoms with van der Waals surface area (Å²) in [5.41, 5.74) is -0.440. The van der Waals surface area contributed by atoms with Crippen LogP contribution in [0, 0.1) is 5.82 Å². The summed E-state index contributed by atoms with van der Waals surface area (Å²) in [5, 5.41) is 13.2. The number of carbonyl (C=O) groups is 2. The Morgan fingerprint density at radius 2 is 1.88 bits per heavy atom. The van der Waals surface area contributed by atoms with Crippen molar-refractivity contribution in [1.29, 1.82) is 0 Å². The van der Waals surface area contributed by atoms with Gasteiger partial charge in [-0.25, -0.2) is 9.37 Å². The van der Waals surface area contributed by atoms with Gasteiger partial charge >= 0.3 is 0 Å². The summed E-state index contributed by atoms with van der Waals surface area (Å²) in [7, 11) is 0. The molecule has 1 fully saturated rings. The normalized spacial score (nSPS) is 17.6. The highest BCUT2D eigenvalue weighted by Crippen LogP contribution is 2.30. The van der Waals surface area contributed by atoms with Crippen LogP contribution in [-0.2, 0) is 34.6 Å². The van der Waals surface area contributed by atoms with E-state index in [-0.39, 0.29) is 30.4 Å². The lowest BCUT2D eigenvalue weighted by atomic mass is 9.98. The number of likely N-dealkylation sites (tertiary alicyclic amines) is 1. The van der Waals surface area contributed by atoms with Gasteiger partial charge in [0.2, 0.25) is 17.6 Å². The van der Waals surface area contributed by atoms with E-state index in [0.29, 0.717) is 38.4 Å². The van der Waals surface area contributed by atoms with Crippen molar-refractivity contribution in [1.82, 2.24) is 24.7 Å². The molecule has 2 N–H and O–H groups in total. The number of benzene rings is 1. The molecule has 0 atom stereocenters. The number of amides is 2. The Bertz CT molecular complexity index is 1150. The third kappa shape index (κ3) is 4.82. The fraction of sp³-hybridized carbons (Fsp3) is 0.500. The molecule has 1 saturated heterocycles. The van der Waals surface area contributed by atoms with Crippen LogP contribution in [0.1, 0.15) is 43.8 Å². The molecule has 34 heavy (non-hydrogen) atoms. The first kappa shape index (κ1) is 23.9. The van der Waals surface area contributed by atoms with Crippen molar-refractivity contribution in [2.45, 2.75) is 51.7 Å². The lowest BCUT2D eigenvalue weighted by Crippen LogP contribution is -2.54. The third-order valence-corrected chi connectivity index (χ3v) is 6.69. The molecular weight excluding hydrogens is 441 g/mol. The van der Waals surface area contributed by atoms with E-state index in [2.05, 4.69) is 15.2 Å². The smallest absolute Gasteiger partial charge is 0.296 e. The second-order valence-electron chi connectivity index (χ2n) is 9.30. The first-order valence-electron chi connectivity index (χ1n) is 11.5. The summed E-state index contributed by atoms with van der Waals surface area (Å²) < 4.78 is 14.5. The van der Waals surface area contributed by atoms with Gasteiger partial charge in [0.15, 0.2) is 0 Å². The van der Waals surface area contributed by atoms with Gasteiger partial charge in [-0.15, -0.1) is 0 Å². The van der Waals surface area contributed by atoms with Crippen molar-refractivity contribution in [3.63, 3.8) is 0 Å². The topological polar surface area (TPSA) is 108 Å². The molecule has 10 heteroatoms. The summed E-state index contributed by atoms with van der Waals surface area (Å²) in [5.74, 6) is -0.636. The van der Waals surface area contributed by atoms with Gasteiger partial charge in [0.05, 0.1) is 17.7 Å². The molecule has 3 heterocycles. The van der Waals surface area contributed by atoms with Crippen LogP contribution in [0.25, 0.3) is 0 Å². The van der Waals surface area contributed by atoms with Crippen molar-refractivity contribution >= 4 is 11.8 Å². The molecule has 182 valence electrons. The molecule has 0 aliphatic carbocycles. The Morgan fingerprint density at radius 3 is 2.56 bits per heavy atom. The van der Waals surface area contributed by atoms with Crippen LogP contribution in [0.2, 0.25) is 0 Å². The monoisotopic (exact) mass is 471 g/mol. The zero-order chi connectivity index (χ0) is 24.5. The van der Waals surface area contributed by atoms with Crippen molar-refractivity contribution in [3.05, 3.63) is 57.5 Å². The second-order valence-corrected chi connectivity index (χ2v) is 9.30. The van der Waals surface area contributed by atoms with Crippen molar-refractivity contribution in [2.75, 3.05) is 26.2 Å². The number of carbonyl (C=O) groups excluding carboxylic acids is 2. The summed E-state index contributed by atoms with van der Waals surface area (Å²) in [6, 6.07) is 5.77. The first-order valence-corrected chi connectivity index (χ1v) is 11.5. The minimum absolute atomic E-state index is 0.0255. The molecule has 2 amide bonds. The van der Waals surface area contributed by atoms with E-state index in [1.807, 2.05) is 18.7 Å². The second kappa shape index (κ2) is 9.54. The minimum Gasteiger partial charge on any atom is -0.502 e. The quantitative estimate of drug-likeness (QED) is 0.627. The van der Waals surface area contributed by atoms with Crippen LogP contribution in [-0.4, -0.2) is 62.5 Å². The van der Waals surface area contributed by atoms with Gasteiger partial charge in [0, 0.05) is 45.7 Å². The van der Waals surface area contributed by atoms with E-state index < -0.39 is 22.8 Å². The number of hydrogen-bond donors (Lipinski definition) is 2. The van der Waals surface area contributed by atoms with Gasteiger partial charge in [-0.3, -0.25) is 23.9 Å². The number of nitrogens with zero attached hydrogens (tertiary/aromatic N) is 4. The van der Waals surface area contributed by atoms with E-state index >= 15 is 0 Å². The highest BCUT2D eigenvalue weighted by atomic mass is 19.1. The van der Waals surface area contributed by atoms with E-state index in [4.69, 9.17) is 0 Å². The highest BCUT2D eigenvalue weighted by molar-refractivity contribution is 5.78. The Balaban J connectivity index is 1.48. The van der Waals surface area contributed by atoms with Crippen LogP contribution in [0.4, 0.5) is 4.39 Å². The van der Waals surface area contributed by atoms with Gasteiger partial charge in [-0.1, -0.05) is 12.1 Å². The molecule has 4 rings (SSSR count). The summed E-state index contributed by atoms with van der Waals surface area (Å²) in [6.07, 6.45) is 1.22. The molecule has 0 saturated carbocycles. The zero-order valence-corrected chi connectivity index (χ0v) is 19.5. The fourth-order valence-electron chi connectivity index (χ4n) is 4.62. The van der Waals surface area contributed by atoms with Crippen molar-refractivity contribution < 1.29 is 19.1 Å². The maximum absolute atomic E-state index is 13.1. The third-order valence-electron chi connectivity index (χ3n) is 6.69. The fourth-order valence-corrected chi connectivity index (χ4v) is 4.62. The van der Waals surface area contributed by atoms with Gasteiger partial charge in [0.1, 0.15) is 11.6 Å². The van der Waals surface area contributed by atoms with Crippen LogP contribution in [0.3, 0.4) is 0 Å². The maximum atomic E-state index is 13.1. The molecule has 0 bridgehead atoms. The Hall–Kier alpha value is -3.27. The minimum atomic E-state index is -0.632. The zero-order valence-electron chi connectivity index (χ0n) is 19.5. The molecule has 2 aliphatic heterocycles. The molecule has 9 nitrogen and oxygen atoms in total.